The van der Waals surface area contributed by atoms with Gasteiger partial charge in [0.25, 0.3) is 0 Å². The van der Waals surface area contributed by atoms with Crippen molar-refractivity contribution in [3.63, 3.8) is 0 Å². The molecule has 1 aromatic rings. The molecule has 0 radical (unpaired) electrons. The number of alkyl halides is 3. The molecule has 0 aliphatic heterocycles. The van der Waals surface area contributed by atoms with Crippen molar-refractivity contribution in [1.82, 2.24) is 5.32 Å². The summed E-state index contributed by atoms with van der Waals surface area (Å²) in [5.74, 6) is 0. The number of rotatable bonds is 5. The van der Waals surface area contributed by atoms with Gasteiger partial charge in [0.15, 0.2) is 0 Å². The molecule has 1 aromatic carbocycles. The highest BCUT2D eigenvalue weighted by Crippen LogP contribution is 2.29. The van der Waals surface area contributed by atoms with Crippen molar-refractivity contribution in [1.29, 1.82) is 0 Å². The second kappa shape index (κ2) is 6.02. The topological polar surface area (TPSA) is 38.0 Å². The summed E-state index contributed by atoms with van der Waals surface area (Å²) < 4.78 is 37.2. The van der Waals surface area contributed by atoms with Crippen LogP contribution in [0.25, 0.3) is 0 Å². The van der Waals surface area contributed by atoms with Crippen LogP contribution in [0.3, 0.4) is 0 Å². The Morgan fingerprint density at radius 2 is 1.89 bits per heavy atom. The minimum absolute atomic E-state index is 0.163. The first-order valence-corrected chi connectivity index (χ1v) is 5.59. The van der Waals surface area contributed by atoms with Crippen LogP contribution in [-0.2, 0) is 6.18 Å². The summed E-state index contributed by atoms with van der Waals surface area (Å²) in [5.41, 5.74) is 6.64. The van der Waals surface area contributed by atoms with Gasteiger partial charge in [-0.15, -0.1) is 0 Å². The molecule has 0 aliphatic rings. The van der Waals surface area contributed by atoms with Crippen LogP contribution in [0.4, 0.5) is 13.2 Å². The van der Waals surface area contributed by atoms with E-state index in [1.807, 2.05) is 6.92 Å². The molecule has 100 valence electrons. The van der Waals surface area contributed by atoms with Crippen LogP contribution < -0.4 is 11.1 Å². The van der Waals surface area contributed by atoms with Crippen LogP contribution in [0.1, 0.15) is 24.1 Å². The molecule has 1 rings (SSSR count). The summed E-state index contributed by atoms with van der Waals surface area (Å²) in [4.78, 5) is 0. The van der Waals surface area contributed by atoms with Crippen LogP contribution >= 0.6 is 0 Å². The van der Waals surface area contributed by atoms with Gasteiger partial charge in [0.2, 0.25) is 0 Å². The first-order valence-electron chi connectivity index (χ1n) is 5.59. The highest BCUT2D eigenvalue weighted by molar-refractivity contribution is 5.27. The van der Waals surface area contributed by atoms with Crippen LogP contribution in [0, 0.1) is 0 Å². The van der Waals surface area contributed by atoms with E-state index < -0.39 is 11.7 Å². The van der Waals surface area contributed by atoms with Gasteiger partial charge < -0.3 is 11.1 Å². The smallest absolute Gasteiger partial charge is 0.329 e. The summed E-state index contributed by atoms with van der Waals surface area (Å²) in [7, 11) is 0. The molecule has 18 heavy (non-hydrogen) atoms. The van der Waals surface area contributed by atoms with Gasteiger partial charge >= 0.3 is 6.18 Å². The van der Waals surface area contributed by atoms with E-state index in [0.29, 0.717) is 13.1 Å². The lowest BCUT2D eigenvalue weighted by Gasteiger charge is -2.18. The SMILES string of the molecule is C=C(C)CNC(CN)c1ccc(C(F)(F)F)cc1. The third-order valence-corrected chi connectivity index (χ3v) is 2.53. The molecular weight excluding hydrogens is 241 g/mol. The number of halogens is 3. The van der Waals surface area contributed by atoms with E-state index in [1.54, 1.807) is 0 Å². The van der Waals surface area contributed by atoms with E-state index in [2.05, 4.69) is 11.9 Å². The third kappa shape index (κ3) is 4.16. The summed E-state index contributed by atoms with van der Waals surface area (Å²) in [6.07, 6.45) is -4.30. The Labute approximate surface area is 105 Å². The second-order valence-electron chi connectivity index (χ2n) is 4.25. The van der Waals surface area contributed by atoms with Gasteiger partial charge in [-0.25, -0.2) is 0 Å². The first kappa shape index (κ1) is 14.7. The quantitative estimate of drug-likeness (QED) is 0.797. The second-order valence-corrected chi connectivity index (χ2v) is 4.25. The number of hydrogen-bond donors (Lipinski definition) is 2. The number of benzene rings is 1. The Kier molecular flexibility index (Phi) is 4.93. The van der Waals surface area contributed by atoms with Gasteiger partial charge in [-0.3, -0.25) is 0 Å². The molecule has 0 saturated carbocycles. The number of hydrogen-bond acceptors (Lipinski definition) is 2. The average molecular weight is 258 g/mol. The molecule has 3 N–H and O–H groups in total. The zero-order chi connectivity index (χ0) is 13.8. The molecule has 0 aromatic heterocycles. The standard InChI is InChI=1S/C13H17F3N2/c1-9(2)8-18-12(7-17)10-3-5-11(6-4-10)13(14,15)16/h3-6,12,18H,1,7-8,17H2,2H3. The average Bonchev–Trinajstić information content (AvgIpc) is 2.29. The number of nitrogens with two attached hydrogens (primary N) is 1. The fourth-order valence-corrected chi connectivity index (χ4v) is 1.54. The first-order chi connectivity index (χ1) is 8.34. The lowest BCUT2D eigenvalue weighted by Crippen LogP contribution is -2.29. The molecule has 0 aliphatic carbocycles. The molecule has 0 heterocycles. The highest BCUT2D eigenvalue weighted by Gasteiger charge is 2.30. The molecule has 0 spiro atoms. The van der Waals surface area contributed by atoms with Gasteiger partial charge in [-0.05, 0) is 24.6 Å². The van der Waals surface area contributed by atoms with E-state index in [4.69, 9.17) is 5.73 Å². The minimum atomic E-state index is -4.30. The Hall–Kier alpha value is -1.33. The molecule has 1 unspecified atom stereocenters. The molecule has 1 atom stereocenters. The van der Waals surface area contributed by atoms with Crippen LogP contribution in [0.5, 0.6) is 0 Å². The third-order valence-electron chi connectivity index (χ3n) is 2.53. The molecule has 0 bridgehead atoms. The summed E-state index contributed by atoms with van der Waals surface area (Å²) >= 11 is 0. The highest BCUT2D eigenvalue weighted by atomic mass is 19.4. The van der Waals surface area contributed by atoms with Crippen molar-refractivity contribution in [2.45, 2.75) is 19.1 Å². The Morgan fingerprint density at radius 1 is 1.33 bits per heavy atom. The summed E-state index contributed by atoms with van der Waals surface area (Å²) in [5, 5.41) is 3.14. The van der Waals surface area contributed by atoms with Crippen molar-refractivity contribution >= 4 is 0 Å². The zero-order valence-electron chi connectivity index (χ0n) is 10.2. The van der Waals surface area contributed by atoms with Crippen LogP contribution in [0.2, 0.25) is 0 Å². The molecule has 0 amide bonds. The van der Waals surface area contributed by atoms with Gasteiger partial charge in [0.1, 0.15) is 0 Å². The van der Waals surface area contributed by atoms with Crippen molar-refractivity contribution in [2.24, 2.45) is 5.73 Å². The lowest BCUT2D eigenvalue weighted by atomic mass is 10.0. The maximum atomic E-state index is 12.4. The summed E-state index contributed by atoms with van der Waals surface area (Å²) in [6.45, 7) is 6.52. The van der Waals surface area contributed by atoms with Gasteiger partial charge in [-0.1, -0.05) is 24.3 Å². The molecule has 0 saturated heterocycles. The molecular formula is C13H17F3N2. The minimum Gasteiger partial charge on any atom is -0.329 e. The lowest BCUT2D eigenvalue weighted by molar-refractivity contribution is -0.137. The molecule has 5 heteroatoms. The van der Waals surface area contributed by atoms with Gasteiger partial charge in [0, 0.05) is 19.1 Å². The maximum absolute atomic E-state index is 12.4. The fraction of sp³-hybridized carbons (Fsp3) is 0.385. The van der Waals surface area contributed by atoms with Crippen LogP contribution in [-0.4, -0.2) is 13.1 Å². The van der Waals surface area contributed by atoms with Crippen molar-refractivity contribution in [3.8, 4) is 0 Å². The Balaban J connectivity index is 2.79. The van der Waals surface area contributed by atoms with Gasteiger partial charge in [-0.2, -0.15) is 13.2 Å². The van der Waals surface area contributed by atoms with E-state index in [-0.39, 0.29) is 6.04 Å². The normalized spacial score (nSPS) is 13.4. The van der Waals surface area contributed by atoms with E-state index in [1.165, 1.54) is 12.1 Å². The largest absolute Gasteiger partial charge is 0.416 e. The predicted octanol–water partition coefficient (Wildman–Crippen LogP) is 2.87. The van der Waals surface area contributed by atoms with E-state index in [0.717, 1.165) is 23.3 Å². The van der Waals surface area contributed by atoms with Crippen molar-refractivity contribution in [2.75, 3.05) is 13.1 Å². The zero-order valence-corrected chi connectivity index (χ0v) is 10.2. The number of nitrogens with one attached hydrogen (secondary N) is 1. The predicted molar refractivity (Wildman–Crippen MR) is 66.1 cm³/mol. The van der Waals surface area contributed by atoms with Crippen molar-refractivity contribution < 1.29 is 13.2 Å². The van der Waals surface area contributed by atoms with Crippen molar-refractivity contribution in [3.05, 3.63) is 47.5 Å². The monoisotopic (exact) mass is 258 g/mol. The summed E-state index contributed by atoms with van der Waals surface area (Å²) in [6, 6.07) is 4.88. The maximum Gasteiger partial charge on any atom is 0.416 e. The fourth-order valence-electron chi connectivity index (χ4n) is 1.54. The Bertz CT molecular complexity index is 396. The van der Waals surface area contributed by atoms with E-state index >= 15 is 0 Å². The Morgan fingerprint density at radius 3 is 2.28 bits per heavy atom. The van der Waals surface area contributed by atoms with Crippen LogP contribution in [0.15, 0.2) is 36.4 Å². The molecule has 2 nitrogen and oxygen atoms in total. The van der Waals surface area contributed by atoms with E-state index in [9.17, 15) is 13.2 Å². The van der Waals surface area contributed by atoms with Gasteiger partial charge in [0.05, 0.1) is 5.56 Å². The molecule has 0 fully saturated rings.